The Hall–Kier alpha value is -1.92. The summed E-state index contributed by atoms with van der Waals surface area (Å²) < 4.78 is 1.52. The van der Waals surface area contributed by atoms with Crippen LogP contribution < -0.4 is 5.32 Å². The van der Waals surface area contributed by atoms with Gasteiger partial charge in [0.2, 0.25) is 5.91 Å². The molecule has 1 amide bonds. The van der Waals surface area contributed by atoms with E-state index in [1.165, 1.54) is 23.6 Å². The molecule has 110 valence electrons. The Morgan fingerprint density at radius 2 is 2.25 bits per heavy atom. The van der Waals surface area contributed by atoms with Gasteiger partial charge in [0.15, 0.2) is 0 Å². The second kappa shape index (κ2) is 6.02. The van der Waals surface area contributed by atoms with Crippen molar-refractivity contribution in [2.45, 2.75) is 52.1 Å². The van der Waals surface area contributed by atoms with Gasteiger partial charge in [0, 0.05) is 6.04 Å². The van der Waals surface area contributed by atoms with Gasteiger partial charge in [-0.3, -0.25) is 4.79 Å². The van der Waals surface area contributed by atoms with E-state index in [-0.39, 0.29) is 23.7 Å². The molecule has 1 aliphatic rings. The third-order valence-corrected chi connectivity index (χ3v) is 3.75. The summed E-state index contributed by atoms with van der Waals surface area (Å²) in [5.41, 5.74) is 0.692. The maximum Gasteiger partial charge on any atom is 0.390 e. The number of carbonyl (C=O) groups excluding carboxylic acids is 1. The van der Waals surface area contributed by atoms with Crippen molar-refractivity contribution < 1.29 is 9.72 Å². The summed E-state index contributed by atoms with van der Waals surface area (Å²) in [6.45, 7) is 3.93. The lowest BCUT2D eigenvalue weighted by atomic mass is 10.1. The number of aromatic nitrogens is 2. The minimum absolute atomic E-state index is 0.00514. The smallest absolute Gasteiger partial charge is 0.358 e. The molecule has 1 saturated carbocycles. The molecule has 0 saturated heterocycles. The zero-order valence-corrected chi connectivity index (χ0v) is 11.8. The van der Waals surface area contributed by atoms with Crippen molar-refractivity contribution in [3.8, 4) is 0 Å². The predicted molar refractivity (Wildman–Crippen MR) is 73.2 cm³/mol. The van der Waals surface area contributed by atoms with Crippen LogP contribution in [0.25, 0.3) is 0 Å². The summed E-state index contributed by atoms with van der Waals surface area (Å²) >= 11 is 0. The Morgan fingerprint density at radius 1 is 1.60 bits per heavy atom. The fourth-order valence-electron chi connectivity index (χ4n) is 2.52. The monoisotopic (exact) mass is 280 g/mol. The lowest BCUT2D eigenvalue weighted by Crippen LogP contribution is -2.38. The Bertz CT molecular complexity index is 506. The second-order valence-electron chi connectivity index (χ2n) is 5.47. The van der Waals surface area contributed by atoms with Gasteiger partial charge in [-0.05, 0) is 24.7 Å². The lowest BCUT2D eigenvalue weighted by Gasteiger charge is -2.16. The summed E-state index contributed by atoms with van der Waals surface area (Å²) in [7, 11) is 0. The maximum atomic E-state index is 12.1. The summed E-state index contributed by atoms with van der Waals surface area (Å²) in [4.78, 5) is 22.2. The quantitative estimate of drug-likeness (QED) is 0.657. The van der Waals surface area contributed by atoms with Crippen LogP contribution in [0.3, 0.4) is 0 Å². The SMILES string of the molecule is Cc1cc([N+](=O)[O-])nn1CC(C)C(=O)NC1CCCC1. The number of rotatable bonds is 5. The van der Waals surface area contributed by atoms with Gasteiger partial charge in [-0.1, -0.05) is 19.8 Å². The van der Waals surface area contributed by atoms with E-state index < -0.39 is 4.92 Å². The summed E-state index contributed by atoms with van der Waals surface area (Å²) in [6.07, 6.45) is 4.43. The van der Waals surface area contributed by atoms with Gasteiger partial charge < -0.3 is 15.4 Å². The predicted octanol–water partition coefficient (Wildman–Crippen LogP) is 1.79. The topological polar surface area (TPSA) is 90.1 Å². The molecule has 1 aliphatic carbocycles. The van der Waals surface area contributed by atoms with Gasteiger partial charge in [-0.25, -0.2) is 0 Å². The molecule has 0 aliphatic heterocycles. The van der Waals surface area contributed by atoms with Gasteiger partial charge in [0.25, 0.3) is 0 Å². The normalized spacial score (nSPS) is 17.1. The van der Waals surface area contributed by atoms with E-state index in [1.54, 1.807) is 6.92 Å². The van der Waals surface area contributed by atoms with Crippen LogP contribution in [0.15, 0.2) is 6.07 Å². The third-order valence-electron chi connectivity index (χ3n) is 3.75. The number of aryl methyl sites for hydroxylation is 1. The fourth-order valence-corrected chi connectivity index (χ4v) is 2.52. The standard InChI is InChI=1S/C13H20N4O3/c1-9(13(18)14-11-5-3-4-6-11)8-16-10(2)7-12(15-16)17(19)20/h7,9,11H,3-6,8H2,1-2H3,(H,14,18). The molecule has 7 nitrogen and oxygen atoms in total. The number of hydrogen-bond acceptors (Lipinski definition) is 4. The fraction of sp³-hybridized carbons (Fsp3) is 0.692. The van der Waals surface area contributed by atoms with Crippen molar-refractivity contribution in [2.24, 2.45) is 5.92 Å². The van der Waals surface area contributed by atoms with E-state index in [9.17, 15) is 14.9 Å². The van der Waals surface area contributed by atoms with Gasteiger partial charge in [0.05, 0.1) is 29.3 Å². The molecule has 0 spiro atoms. The molecule has 1 unspecified atom stereocenters. The van der Waals surface area contributed by atoms with E-state index >= 15 is 0 Å². The number of nitrogens with zero attached hydrogens (tertiary/aromatic N) is 3. The van der Waals surface area contributed by atoms with Crippen LogP contribution in [0.2, 0.25) is 0 Å². The van der Waals surface area contributed by atoms with Gasteiger partial charge in [0.1, 0.15) is 0 Å². The largest absolute Gasteiger partial charge is 0.390 e. The average Bonchev–Trinajstić information content (AvgIpc) is 3.00. The van der Waals surface area contributed by atoms with E-state index in [0.717, 1.165) is 12.8 Å². The first-order chi connectivity index (χ1) is 9.47. The Labute approximate surface area is 117 Å². The van der Waals surface area contributed by atoms with Crippen LogP contribution >= 0.6 is 0 Å². The van der Waals surface area contributed by atoms with Crippen molar-refractivity contribution in [1.82, 2.24) is 15.1 Å². The summed E-state index contributed by atoms with van der Waals surface area (Å²) in [5, 5.41) is 17.6. The first-order valence-electron chi connectivity index (χ1n) is 6.96. The van der Waals surface area contributed by atoms with Crippen molar-refractivity contribution in [2.75, 3.05) is 0 Å². The Kier molecular flexibility index (Phi) is 4.36. The lowest BCUT2D eigenvalue weighted by molar-refractivity contribution is -0.389. The van der Waals surface area contributed by atoms with Crippen LogP contribution in [0, 0.1) is 23.0 Å². The molecule has 2 rings (SSSR count). The van der Waals surface area contributed by atoms with Gasteiger partial charge in [-0.2, -0.15) is 4.68 Å². The summed E-state index contributed by atoms with van der Waals surface area (Å²) in [5.74, 6) is -0.436. The van der Waals surface area contributed by atoms with E-state index in [2.05, 4.69) is 10.4 Å². The highest BCUT2D eigenvalue weighted by molar-refractivity contribution is 5.78. The maximum absolute atomic E-state index is 12.1. The first kappa shape index (κ1) is 14.5. The zero-order chi connectivity index (χ0) is 14.7. The highest BCUT2D eigenvalue weighted by atomic mass is 16.6. The molecule has 1 aromatic heterocycles. The number of hydrogen-bond donors (Lipinski definition) is 1. The molecular formula is C13H20N4O3. The number of nitro groups is 1. The van der Waals surface area contributed by atoms with Crippen LogP contribution in [0.4, 0.5) is 5.82 Å². The van der Waals surface area contributed by atoms with E-state index in [0.29, 0.717) is 12.2 Å². The van der Waals surface area contributed by atoms with Crippen LogP contribution in [0.5, 0.6) is 0 Å². The van der Waals surface area contributed by atoms with Crippen LogP contribution in [-0.4, -0.2) is 26.7 Å². The zero-order valence-electron chi connectivity index (χ0n) is 11.8. The van der Waals surface area contributed by atoms with Crippen molar-refractivity contribution in [3.05, 3.63) is 21.9 Å². The second-order valence-corrected chi connectivity index (χ2v) is 5.47. The molecule has 1 atom stereocenters. The van der Waals surface area contributed by atoms with Crippen LogP contribution in [-0.2, 0) is 11.3 Å². The molecule has 1 fully saturated rings. The average molecular weight is 280 g/mol. The number of carbonyl (C=O) groups is 1. The molecule has 1 aromatic rings. The van der Waals surface area contributed by atoms with Crippen molar-refractivity contribution in [3.63, 3.8) is 0 Å². The number of amides is 1. The number of nitrogens with one attached hydrogen (secondary N) is 1. The minimum atomic E-state index is -0.521. The first-order valence-corrected chi connectivity index (χ1v) is 6.96. The molecule has 1 heterocycles. The third kappa shape index (κ3) is 3.34. The minimum Gasteiger partial charge on any atom is -0.358 e. The molecule has 7 heteroatoms. The van der Waals surface area contributed by atoms with Gasteiger partial charge >= 0.3 is 5.82 Å². The van der Waals surface area contributed by atoms with Crippen molar-refractivity contribution >= 4 is 11.7 Å². The molecule has 20 heavy (non-hydrogen) atoms. The molecule has 0 radical (unpaired) electrons. The molecule has 0 bridgehead atoms. The Balaban J connectivity index is 1.94. The van der Waals surface area contributed by atoms with Crippen LogP contribution in [0.1, 0.15) is 38.3 Å². The van der Waals surface area contributed by atoms with E-state index in [4.69, 9.17) is 0 Å². The van der Waals surface area contributed by atoms with E-state index in [1.807, 2.05) is 6.92 Å². The Morgan fingerprint density at radius 3 is 2.80 bits per heavy atom. The molecule has 1 N–H and O–H groups in total. The van der Waals surface area contributed by atoms with Gasteiger partial charge in [-0.15, -0.1) is 0 Å². The van der Waals surface area contributed by atoms with Crippen molar-refractivity contribution in [1.29, 1.82) is 0 Å². The molecular weight excluding hydrogens is 260 g/mol. The summed E-state index contributed by atoms with van der Waals surface area (Å²) in [6, 6.07) is 1.71. The molecule has 0 aromatic carbocycles. The highest BCUT2D eigenvalue weighted by Gasteiger charge is 2.23. The highest BCUT2D eigenvalue weighted by Crippen LogP contribution is 2.18.